The van der Waals surface area contributed by atoms with Crippen molar-refractivity contribution >= 4 is 11.8 Å². The molecule has 1 atom stereocenters. The van der Waals surface area contributed by atoms with E-state index >= 15 is 0 Å². The minimum atomic E-state index is 0.359. The molecule has 3 rings (SSSR count). The van der Waals surface area contributed by atoms with Gasteiger partial charge in [-0.05, 0) is 37.6 Å². The van der Waals surface area contributed by atoms with E-state index < -0.39 is 0 Å². The summed E-state index contributed by atoms with van der Waals surface area (Å²) in [5.74, 6) is 1.36. The van der Waals surface area contributed by atoms with E-state index in [-0.39, 0.29) is 0 Å². The third-order valence-electron chi connectivity index (χ3n) is 3.00. The second-order valence-corrected chi connectivity index (χ2v) is 4.29. The lowest BCUT2D eigenvalue weighted by Gasteiger charge is -2.10. The van der Waals surface area contributed by atoms with Crippen molar-refractivity contribution in [2.24, 2.45) is 0 Å². The standard InChI is InChI=1S/C13H15N5/c1-2-7-15-12(5-1)18-13-16-9-6-11(17-13)10-4-3-8-14-10/h1-2,5-7,9-10,14H,3-4,8H2,(H,15,16,17,18). The first-order valence-corrected chi connectivity index (χ1v) is 6.16. The van der Waals surface area contributed by atoms with Crippen LogP contribution in [0.4, 0.5) is 11.8 Å². The van der Waals surface area contributed by atoms with E-state index in [0.717, 1.165) is 24.5 Å². The molecule has 3 heterocycles. The van der Waals surface area contributed by atoms with Gasteiger partial charge in [0, 0.05) is 18.4 Å². The molecule has 2 N–H and O–H groups in total. The second-order valence-electron chi connectivity index (χ2n) is 4.29. The van der Waals surface area contributed by atoms with Crippen LogP contribution in [0.2, 0.25) is 0 Å². The van der Waals surface area contributed by atoms with Crippen LogP contribution < -0.4 is 10.6 Å². The molecular formula is C13H15N5. The Balaban J connectivity index is 1.78. The molecular weight excluding hydrogens is 226 g/mol. The van der Waals surface area contributed by atoms with Crippen molar-refractivity contribution in [1.82, 2.24) is 20.3 Å². The highest BCUT2D eigenvalue weighted by molar-refractivity contribution is 5.46. The molecule has 18 heavy (non-hydrogen) atoms. The third-order valence-corrected chi connectivity index (χ3v) is 3.00. The maximum atomic E-state index is 4.53. The topological polar surface area (TPSA) is 62.7 Å². The molecule has 92 valence electrons. The molecule has 5 nitrogen and oxygen atoms in total. The van der Waals surface area contributed by atoms with E-state index in [0.29, 0.717) is 12.0 Å². The van der Waals surface area contributed by atoms with Gasteiger partial charge in [0.2, 0.25) is 5.95 Å². The van der Waals surface area contributed by atoms with Gasteiger partial charge >= 0.3 is 0 Å². The SMILES string of the molecule is c1ccc(Nc2nccc(C3CCCN3)n2)nc1. The second kappa shape index (κ2) is 5.10. The maximum absolute atomic E-state index is 4.53. The van der Waals surface area contributed by atoms with Gasteiger partial charge in [-0.3, -0.25) is 0 Å². The van der Waals surface area contributed by atoms with Crippen LogP contribution in [0.25, 0.3) is 0 Å². The summed E-state index contributed by atoms with van der Waals surface area (Å²) in [6.45, 7) is 1.07. The van der Waals surface area contributed by atoms with Crippen LogP contribution in [0.1, 0.15) is 24.6 Å². The van der Waals surface area contributed by atoms with Crippen molar-refractivity contribution < 1.29 is 0 Å². The average molecular weight is 241 g/mol. The van der Waals surface area contributed by atoms with Gasteiger partial charge in [0.1, 0.15) is 5.82 Å². The van der Waals surface area contributed by atoms with Crippen molar-refractivity contribution in [2.45, 2.75) is 18.9 Å². The van der Waals surface area contributed by atoms with Crippen LogP contribution in [0, 0.1) is 0 Å². The Bertz CT molecular complexity index is 508. The Labute approximate surface area is 106 Å². The van der Waals surface area contributed by atoms with E-state index in [2.05, 4.69) is 25.6 Å². The summed E-state index contributed by atoms with van der Waals surface area (Å²) in [5, 5.41) is 6.54. The molecule has 0 radical (unpaired) electrons. The number of rotatable bonds is 3. The highest BCUT2D eigenvalue weighted by atomic mass is 15.1. The van der Waals surface area contributed by atoms with E-state index in [4.69, 9.17) is 0 Å². The minimum absolute atomic E-state index is 0.359. The van der Waals surface area contributed by atoms with Crippen LogP contribution in [0.3, 0.4) is 0 Å². The van der Waals surface area contributed by atoms with Crippen LogP contribution in [0.15, 0.2) is 36.7 Å². The molecule has 0 bridgehead atoms. The van der Waals surface area contributed by atoms with Crippen LogP contribution >= 0.6 is 0 Å². The summed E-state index contributed by atoms with van der Waals surface area (Å²) in [6.07, 6.45) is 5.87. The monoisotopic (exact) mass is 241 g/mol. The Hall–Kier alpha value is -2.01. The van der Waals surface area contributed by atoms with Crippen LogP contribution in [-0.4, -0.2) is 21.5 Å². The quantitative estimate of drug-likeness (QED) is 0.861. The van der Waals surface area contributed by atoms with Crippen LogP contribution in [-0.2, 0) is 0 Å². The number of nitrogens with one attached hydrogen (secondary N) is 2. The lowest BCUT2D eigenvalue weighted by molar-refractivity contribution is 0.626. The fourth-order valence-corrected chi connectivity index (χ4v) is 2.12. The Kier molecular flexibility index (Phi) is 3.14. The van der Waals surface area contributed by atoms with Gasteiger partial charge in [0.15, 0.2) is 0 Å². The van der Waals surface area contributed by atoms with E-state index in [1.54, 1.807) is 12.4 Å². The summed E-state index contributed by atoms with van der Waals surface area (Å²) in [4.78, 5) is 12.9. The summed E-state index contributed by atoms with van der Waals surface area (Å²) in [7, 11) is 0. The van der Waals surface area contributed by atoms with E-state index in [9.17, 15) is 0 Å². The first-order chi connectivity index (χ1) is 8.92. The highest BCUT2D eigenvalue weighted by Gasteiger charge is 2.17. The van der Waals surface area contributed by atoms with E-state index in [1.165, 1.54) is 6.42 Å². The summed E-state index contributed by atoms with van der Waals surface area (Å²) in [6, 6.07) is 8.02. The van der Waals surface area contributed by atoms with Crippen molar-refractivity contribution in [3.8, 4) is 0 Å². The third kappa shape index (κ3) is 2.46. The molecule has 0 aliphatic carbocycles. The number of aromatic nitrogens is 3. The molecule has 0 aromatic carbocycles. The molecule has 2 aromatic rings. The van der Waals surface area contributed by atoms with Gasteiger partial charge in [0.05, 0.1) is 5.69 Å². The average Bonchev–Trinajstić information content (AvgIpc) is 2.94. The smallest absolute Gasteiger partial charge is 0.228 e. The summed E-state index contributed by atoms with van der Waals surface area (Å²) >= 11 is 0. The maximum Gasteiger partial charge on any atom is 0.228 e. The zero-order chi connectivity index (χ0) is 12.2. The van der Waals surface area contributed by atoms with Gasteiger partial charge in [-0.1, -0.05) is 6.07 Å². The number of pyridine rings is 1. The molecule has 5 heteroatoms. The Morgan fingerprint density at radius 1 is 1.17 bits per heavy atom. The molecule has 1 fully saturated rings. The number of anilines is 2. The van der Waals surface area contributed by atoms with Gasteiger partial charge in [-0.25, -0.2) is 15.0 Å². The number of nitrogens with zero attached hydrogens (tertiary/aromatic N) is 3. The minimum Gasteiger partial charge on any atom is -0.309 e. The van der Waals surface area contributed by atoms with Crippen LogP contribution in [0.5, 0.6) is 0 Å². The first-order valence-electron chi connectivity index (χ1n) is 6.16. The van der Waals surface area contributed by atoms with Gasteiger partial charge in [-0.2, -0.15) is 0 Å². The summed E-state index contributed by atoms with van der Waals surface area (Å²) < 4.78 is 0. The number of hydrogen-bond donors (Lipinski definition) is 2. The van der Waals surface area contributed by atoms with Crippen molar-refractivity contribution in [3.63, 3.8) is 0 Å². The van der Waals surface area contributed by atoms with Gasteiger partial charge < -0.3 is 10.6 Å². The fourth-order valence-electron chi connectivity index (χ4n) is 2.12. The number of hydrogen-bond acceptors (Lipinski definition) is 5. The summed E-state index contributed by atoms with van der Waals surface area (Å²) in [5.41, 5.74) is 1.04. The predicted molar refractivity (Wildman–Crippen MR) is 69.5 cm³/mol. The largest absolute Gasteiger partial charge is 0.309 e. The van der Waals surface area contributed by atoms with Gasteiger partial charge in [-0.15, -0.1) is 0 Å². The van der Waals surface area contributed by atoms with Gasteiger partial charge in [0.25, 0.3) is 0 Å². The van der Waals surface area contributed by atoms with E-state index in [1.807, 2.05) is 24.3 Å². The molecule has 1 unspecified atom stereocenters. The molecule has 2 aromatic heterocycles. The molecule has 0 amide bonds. The fraction of sp³-hybridized carbons (Fsp3) is 0.308. The van der Waals surface area contributed by atoms with Crippen molar-refractivity contribution in [3.05, 3.63) is 42.4 Å². The zero-order valence-corrected chi connectivity index (χ0v) is 10.0. The van der Waals surface area contributed by atoms with Crippen molar-refractivity contribution in [1.29, 1.82) is 0 Å². The Morgan fingerprint density at radius 2 is 2.17 bits per heavy atom. The Morgan fingerprint density at radius 3 is 2.94 bits per heavy atom. The lowest BCUT2D eigenvalue weighted by atomic mass is 10.1. The molecule has 1 aliphatic heterocycles. The van der Waals surface area contributed by atoms with Crippen molar-refractivity contribution in [2.75, 3.05) is 11.9 Å². The first kappa shape index (κ1) is 11.1. The zero-order valence-electron chi connectivity index (χ0n) is 10.0. The normalized spacial score (nSPS) is 18.8. The molecule has 0 spiro atoms. The molecule has 0 saturated carbocycles. The lowest BCUT2D eigenvalue weighted by Crippen LogP contribution is -2.15. The predicted octanol–water partition coefficient (Wildman–Crippen LogP) is 2.04. The highest BCUT2D eigenvalue weighted by Crippen LogP contribution is 2.21. The molecule has 1 aliphatic rings. The molecule has 1 saturated heterocycles.